The maximum Gasteiger partial charge on any atom is -0.0163 e. The Bertz CT molecular complexity index is 155. The summed E-state index contributed by atoms with van der Waals surface area (Å²) < 4.78 is 0. The van der Waals surface area contributed by atoms with Crippen LogP contribution in [0.5, 0.6) is 0 Å². The molecular weight excluding hydrogens is 120 g/mol. The van der Waals surface area contributed by atoms with Gasteiger partial charge in [0.1, 0.15) is 0 Å². The van der Waals surface area contributed by atoms with Gasteiger partial charge in [-0.25, -0.2) is 0 Å². The summed E-state index contributed by atoms with van der Waals surface area (Å²) in [6, 6.07) is 0. The highest BCUT2D eigenvalue weighted by atomic mass is 13.8. The van der Waals surface area contributed by atoms with Gasteiger partial charge in [0.05, 0.1) is 0 Å². The van der Waals surface area contributed by atoms with Crippen molar-refractivity contribution in [3.63, 3.8) is 0 Å². The topological polar surface area (TPSA) is 0 Å². The molecule has 0 fully saturated rings. The lowest BCUT2D eigenvalue weighted by Crippen LogP contribution is -1.65. The van der Waals surface area contributed by atoms with Crippen LogP contribution in [0.15, 0.2) is 36.0 Å². The Morgan fingerprint density at radius 3 is 2.30 bits per heavy atom. The Balaban J connectivity index is 3.55. The van der Waals surface area contributed by atoms with Crippen LogP contribution in [0.25, 0.3) is 0 Å². The molecular formula is C10H16. The fourth-order valence-corrected chi connectivity index (χ4v) is 0.573. The summed E-state index contributed by atoms with van der Waals surface area (Å²) >= 11 is 0. The Morgan fingerprint density at radius 2 is 1.90 bits per heavy atom. The molecule has 0 atom stereocenters. The molecule has 0 rings (SSSR count). The summed E-state index contributed by atoms with van der Waals surface area (Å²) in [5.74, 6) is 0. The van der Waals surface area contributed by atoms with E-state index in [0.717, 1.165) is 12.0 Å². The maximum atomic E-state index is 3.76. The van der Waals surface area contributed by atoms with E-state index >= 15 is 0 Å². The Kier molecular flexibility index (Phi) is 4.65. The molecule has 0 heteroatoms. The maximum absolute atomic E-state index is 3.76. The molecule has 0 amide bonds. The second-order valence-electron chi connectivity index (χ2n) is 2.77. The van der Waals surface area contributed by atoms with Crippen LogP contribution >= 0.6 is 0 Å². The summed E-state index contributed by atoms with van der Waals surface area (Å²) in [6.07, 6.45) is 7.38. The van der Waals surface area contributed by atoms with Crippen molar-refractivity contribution in [1.29, 1.82) is 0 Å². The zero-order valence-electron chi connectivity index (χ0n) is 7.15. The minimum absolute atomic E-state index is 1.02. The zero-order valence-corrected chi connectivity index (χ0v) is 7.15. The number of rotatable bonds is 3. The molecule has 0 aromatic rings. The molecule has 0 bridgehead atoms. The summed E-state index contributed by atoms with van der Waals surface area (Å²) in [7, 11) is 0. The Morgan fingerprint density at radius 1 is 1.30 bits per heavy atom. The van der Waals surface area contributed by atoms with E-state index in [1.165, 1.54) is 5.57 Å². The summed E-state index contributed by atoms with van der Waals surface area (Å²) in [5.41, 5.74) is 2.48. The molecule has 0 N–H and O–H groups in total. The molecule has 0 radical (unpaired) electrons. The second-order valence-corrected chi connectivity index (χ2v) is 2.77. The van der Waals surface area contributed by atoms with Crippen LogP contribution in [0, 0.1) is 0 Å². The van der Waals surface area contributed by atoms with E-state index in [-0.39, 0.29) is 0 Å². The van der Waals surface area contributed by atoms with Crippen LogP contribution in [0.4, 0.5) is 0 Å². The van der Waals surface area contributed by atoms with Gasteiger partial charge in [-0.1, -0.05) is 36.0 Å². The van der Waals surface area contributed by atoms with Gasteiger partial charge in [-0.15, -0.1) is 0 Å². The van der Waals surface area contributed by atoms with Gasteiger partial charge in [0.2, 0.25) is 0 Å². The lowest BCUT2D eigenvalue weighted by molar-refractivity contribution is 1.27. The molecule has 0 aliphatic carbocycles. The van der Waals surface area contributed by atoms with Crippen molar-refractivity contribution < 1.29 is 0 Å². The fraction of sp³-hybridized carbons (Fsp3) is 0.400. The molecule has 0 aromatic carbocycles. The van der Waals surface area contributed by atoms with Gasteiger partial charge >= 0.3 is 0 Å². The molecule has 0 aliphatic rings. The van der Waals surface area contributed by atoms with Gasteiger partial charge in [0.25, 0.3) is 0 Å². The molecule has 56 valence electrons. The van der Waals surface area contributed by atoms with Crippen molar-refractivity contribution >= 4 is 0 Å². The quantitative estimate of drug-likeness (QED) is 0.411. The summed E-state index contributed by atoms with van der Waals surface area (Å²) in [4.78, 5) is 0. The minimum atomic E-state index is 1.02. The molecule has 10 heavy (non-hydrogen) atoms. The third-order valence-corrected chi connectivity index (χ3v) is 1.06. The van der Waals surface area contributed by atoms with E-state index in [4.69, 9.17) is 0 Å². The molecule has 0 heterocycles. The number of hydrogen-bond donors (Lipinski definition) is 0. The first kappa shape index (κ1) is 9.22. The lowest BCUT2D eigenvalue weighted by Gasteiger charge is -1.86. The smallest absolute Gasteiger partial charge is 0.0163 e. The fourth-order valence-electron chi connectivity index (χ4n) is 0.573. The van der Waals surface area contributed by atoms with Gasteiger partial charge < -0.3 is 0 Å². The van der Waals surface area contributed by atoms with Gasteiger partial charge in [0.15, 0.2) is 0 Å². The first-order chi connectivity index (χ1) is 4.63. The van der Waals surface area contributed by atoms with E-state index in [1.807, 2.05) is 13.0 Å². The number of hydrogen-bond acceptors (Lipinski definition) is 0. The van der Waals surface area contributed by atoms with E-state index in [1.54, 1.807) is 0 Å². The van der Waals surface area contributed by atoms with Crippen LogP contribution < -0.4 is 0 Å². The van der Waals surface area contributed by atoms with E-state index in [9.17, 15) is 0 Å². The van der Waals surface area contributed by atoms with Crippen LogP contribution in [0.2, 0.25) is 0 Å². The predicted octanol–water partition coefficient (Wildman–Crippen LogP) is 3.48. The Hall–Kier alpha value is -0.780. The second kappa shape index (κ2) is 5.04. The lowest BCUT2D eigenvalue weighted by atomic mass is 10.2. The first-order valence-electron chi connectivity index (χ1n) is 3.58. The molecule has 0 aliphatic heterocycles. The van der Waals surface area contributed by atoms with E-state index in [2.05, 4.69) is 32.6 Å². The molecule has 0 aromatic heterocycles. The van der Waals surface area contributed by atoms with Crippen LogP contribution in [0.1, 0.15) is 27.2 Å². The van der Waals surface area contributed by atoms with Crippen LogP contribution in [-0.2, 0) is 0 Å². The van der Waals surface area contributed by atoms with Gasteiger partial charge in [-0.3, -0.25) is 0 Å². The largest absolute Gasteiger partial charge is 0.0961 e. The molecule has 0 saturated carbocycles. The van der Waals surface area contributed by atoms with Crippen molar-refractivity contribution in [3.05, 3.63) is 36.0 Å². The highest BCUT2D eigenvalue weighted by Gasteiger charge is 1.75. The number of allylic oxidation sites excluding steroid dienone is 5. The molecule has 0 saturated heterocycles. The molecule has 0 nitrogen and oxygen atoms in total. The van der Waals surface area contributed by atoms with Crippen molar-refractivity contribution in [3.8, 4) is 0 Å². The monoisotopic (exact) mass is 136 g/mol. The van der Waals surface area contributed by atoms with Gasteiger partial charge in [-0.05, 0) is 27.2 Å². The summed E-state index contributed by atoms with van der Waals surface area (Å²) in [6.45, 7) is 9.97. The normalized spacial score (nSPS) is 9.90. The average Bonchev–Trinajstić information content (AvgIpc) is 1.79. The van der Waals surface area contributed by atoms with E-state index in [0.29, 0.717) is 0 Å². The molecule has 0 spiro atoms. The zero-order chi connectivity index (χ0) is 7.98. The SMILES string of the molecule is C=C(C)/C=C\CC=C(C)C. The van der Waals surface area contributed by atoms with Crippen LogP contribution in [0.3, 0.4) is 0 Å². The van der Waals surface area contributed by atoms with Gasteiger partial charge in [0, 0.05) is 0 Å². The standard InChI is InChI=1S/C10H16/c1-9(2)7-5-6-8-10(3)4/h5,7-8H,1,6H2,2-4H3/b7-5-. The predicted molar refractivity (Wildman–Crippen MR) is 48.0 cm³/mol. The highest BCUT2D eigenvalue weighted by Crippen LogP contribution is 1.96. The highest BCUT2D eigenvalue weighted by molar-refractivity contribution is 5.12. The van der Waals surface area contributed by atoms with Crippen LogP contribution in [-0.4, -0.2) is 0 Å². The van der Waals surface area contributed by atoms with Crippen molar-refractivity contribution in [2.75, 3.05) is 0 Å². The third-order valence-electron chi connectivity index (χ3n) is 1.06. The van der Waals surface area contributed by atoms with E-state index < -0.39 is 0 Å². The minimum Gasteiger partial charge on any atom is -0.0961 e. The van der Waals surface area contributed by atoms with Crippen molar-refractivity contribution in [2.24, 2.45) is 0 Å². The van der Waals surface area contributed by atoms with Crippen molar-refractivity contribution in [2.45, 2.75) is 27.2 Å². The molecule has 0 unspecified atom stereocenters. The van der Waals surface area contributed by atoms with Gasteiger partial charge in [-0.2, -0.15) is 0 Å². The van der Waals surface area contributed by atoms with Crippen molar-refractivity contribution in [1.82, 2.24) is 0 Å². The first-order valence-corrected chi connectivity index (χ1v) is 3.58. The summed E-state index contributed by atoms with van der Waals surface area (Å²) in [5, 5.41) is 0. The average molecular weight is 136 g/mol. The third kappa shape index (κ3) is 7.22. The Labute approximate surface area is 64.0 Å².